The van der Waals surface area contributed by atoms with Crippen LogP contribution in [0.5, 0.6) is 0 Å². The average Bonchev–Trinajstić information content (AvgIpc) is 3.29. The quantitative estimate of drug-likeness (QED) is 0.133. The largest absolute Gasteiger partial charge is 0.407 e. The second-order valence-electron chi connectivity index (χ2n) is 13.2. The predicted molar refractivity (Wildman–Crippen MR) is 180 cm³/mol. The predicted octanol–water partition coefficient (Wildman–Crippen LogP) is 6.70. The van der Waals surface area contributed by atoms with Crippen LogP contribution in [0.1, 0.15) is 60.8 Å². The molecule has 0 N–H and O–H groups in total. The highest BCUT2D eigenvalue weighted by molar-refractivity contribution is 6.99. The number of benzene rings is 2. The first-order valence-electron chi connectivity index (χ1n) is 15.9. The molecule has 6 nitrogen and oxygen atoms in total. The lowest BCUT2D eigenvalue weighted by molar-refractivity contribution is -0.142. The molecular weight excluding hydrogens is 568 g/mol. The Labute approximate surface area is 266 Å². The van der Waals surface area contributed by atoms with Crippen LogP contribution in [0.3, 0.4) is 0 Å². The Kier molecular flexibility index (Phi) is 12.4. The van der Waals surface area contributed by atoms with E-state index in [1.807, 2.05) is 13.8 Å². The number of methoxy groups -OCH3 is 1. The van der Waals surface area contributed by atoms with E-state index in [-0.39, 0.29) is 36.2 Å². The standard InChI is InChI=1S/C37H52O6Si/c1-29-23-25-39-31(27-29)21-22-35-34(42-37(5,6)43-35)20-14-15-30(40-28-38-7)24-26-41-44(36(2,3)4,32-16-10-8-11-17-32)33-18-12-9-13-19-33/h8-19,21-23,30-31,34-35H,20,24-28H2,1-7H3/b15-14+,22-21+/t30-,31-,34+,35+/m1/s1. The van der Waals surface area contributed by atoms with E-state index in [1.54, 1.807) is 7.11 Å². The first-order chi connectivity index (χ1) is 21.0. The molecule has 0 aliphatic carbocycles. The van der Waals surface area contributed by atoms with Gasteiger partial charge in [-0.25, -0.2) is 0 Å². The molecule has 4 rings (SSSR count). The van der Waals surface area contributed by atoms with Gasteiger partial charge in [-0.15, -0.1) is 0 Å². The van der Waals surface area contributed by atoms with Crippen molar-refractivity contribution >= 4 is 18.7 Å². The highest BCUT2D eigenvalue weighted by Gasteiger charge is 2.50. The molecule has 240 valence electrons. The molecule has 2 aliphatic rings. The molecule has 0 bridgehead atoms. The van der Waals surface area contributed by atoms with Gasteiger partial charge in [0.25, 0.3) is 8.32 Å². The number of rotatable bonds is 14. The highest BCUT2D eigenvalue weighted by atomic mass is 28.4. The minimum absolute atomic E-state index is 0.0749. The zero-order valence-electron chi connectivity index (χ0n) is 27.7. The van der Waals surface area contributed by atoms with E-state index >= 15 is 0 Å². The molecule has 0 saturated carbocycles. The fourth-order valence-corrected chi connectivity index (χ4v) is 10.8. The van der Waals surface area contributed by atoms with Crippen molar-refractivity contribution in [3.8, 4) is 0 Å². The third-order valence-electron chi connectivity index (χ3n) is 8.26. The summed E-state index contributed by atoms with van der Waals surface area (Å²) >= 11 is 0. The Morgan fingerprint density at radius 1 is 0.977 bits per heavy atom. The minimum Gasteiger partial charge on any atom is -0.407 e. The summed E-state index contributed by atoms with van der Waals surface area (Å²) in [6.07, 6.45) is 12.6. The fourth-order valence-electron chi connectivity index (χ4n) is 6.18. The summed E-state index contributed by atoms with van der Waals surface area (Å²) < 4.78 is 36.9. The van der Waals surface area contributed by atoms with E-state index in [2.05, 4.69) is 119 Å². The average molecular weight is 621 g/mol. The van der Waals surface area contributed by atoms with Gasteiger partial charge >= 0.3 is 0 Å². The monoisotopic (exact) mass is 620 g/mol. The van der Waals surface area contributed by atoms with Crippen LogP contribution in [0.15, 0.2) is 96.6 Å². The van der Waals surface area contributed by atoms with Gasteiger partial charge in [0.2, 0.25) is 0 Å². The second-order valence-corrected chi connectivity index (χ2v) is 17.5. The summed E-state index contributed by atoms with van der Waals surface area (Å²) in [7, 11) is -0.973. The van der Waals surface area contributed by atoms with Crippen LogP contribution in [0, 0.1) is 0 Å². The number of hydrogen-bond acceptors (Lipinski definition) is 6. The molecule has 1 saturated heterocycles. The van der Waals surface area contributed by atoms with Gasteiger partial charge < -0.3 is 28.1 Å². The third-order valence-corrected chi connectivity index (χ3v) is 13.3. The van der Waals surface area contributed by atoms with Crippen LogP contribution in [0.2, 0.25) is 5.04 Å². The fraction of sp³-hybridized carbons (Fsp3) is 0.514. The molecule has 44 heavy (non-hydrogen) atoms. The lowest BCUT2D eigenvalue weighted by atomic mass is 10.0. The number of ether oxygens (including phenoxy) is 5. The molecule has 1 fully saturated rings. The van der Waals surface area contributed by atoms with Gasteiger partial charge in [0.1, 0.15) is 12.9 Å². The molecule has 2 aromatic carbocycles. The van der Waals surface area contributed by atoms with Crippen molar-refractivity contribution in [2.45, 2.75) is 96.0 Å². The first-order valence-corrected chi connectivity index (χ1v) is 17.8. The topological polar surface area (TPSA) is 55.4 Å². The van der Waals surface area contributed by atoms with Crippen molar-refractivity contribution in [2.75, 3.05) is 27.1 Å². The van der Waals surface area contributed by atoms with Crippen LogP contribution >= 0.6 is 0 Å². The van der Waals surface area contributed by atoms with Crippen LogP contribution in [-0.4, -0.2) is 65.6 Å². The van der Waals surface area contributed by atoms with Crippen molar-refractivity contribution in [1.82, 2.24) is 0 Å². The zero-order valence-corrected chi connectivity index (χ0v) is 28.7. The molecular formula is C37H52O6Si. The van der Waals surface area contributed by atoms with Gasteiger partial charge in [0, 0.05) is 13.7 Å². The Morgan fingerprint density at radius 3 is 2.23 bits per heavy atom. The van der Waals surface area contributed by atoms with E-state index < -0.39 is 14.1 Å². The highest BCUT2D eigenvalue weighted by Crippen LogP contribution is 2.37. The molecule has 4 atom stereocenters. The molecule has 2 aromatic rings. The first kappa shape index (κ1) is 34.5. The van der Waals surface area contributed by atoms with Gasteiger partial charge in [-0.2, -0.15) is 0 Å². The van der Waals surface area contributed by atoms with Gasteiger partial charge in [0.15, 0.2) is 5.79 Å². The normalized spacial score (nSPS) is 23.3. The lowest BCUT2D eigenvalue weighted by Gasteiger charge is -2.43. The van der Waals surface area contributed by atoms with E-state index in [9.17, 15) is 0 Å². The molecule has 0 spiro atoms. The van der Waals surface area contributed by atoms with Crippen LogP contribution in [-0.2, 0) is 28.1 Å². The van der Waals surface area contributed by atoms with Crippen molar-refractivity contribution in [1.29, 1.82) is 0 Å². The maximum Gasteiger partial charge on any atom is 0.261 e. The van der Waals surface area contributed by atoms with Gasteiger partial charge in [-0.05, 0) is 55.4 Å². The summed E-state index contributed by atoms with van der Waals surface area (Å²) in [5.74, 6) is -0.646. The molecule has 0 unspecified atom stereocenters. The van der Waals surface area contributed by atoms with Crippen molar-refractivity contribution in [2.24, 2.45) is 0 Å². The van der Waals surface area contributed by atoms with Crippen LogP contribution < -0.4 is 10.4 Å². The van der Waals surface area contributed by atoms with Crippen molar-refractivity contribution < 1.29 is 28.1 Å². The lowest BCUT2D eigenvalue weighted by Crippen LogP contribution is -2.66. The molecule has 7 heteroatoms. The van der Waals surface area contributed by atoms with E-state index in [4.69, 9.17) is 28.1 Å². The third kappa shape index (κ3) is 9.10. The van der Waals surface area contributed by atoms with Gasteiger partial charge in [-0.1, -0.05) is 117 Å². The Hall–Kier alpha value is -2.36. The molecule has 2 aliphatic heterocycles. The van der Waals surface area contributed by atoms with E-state index in [0.29, 0.717) is 26.1 Å². The SMILES string of the molecule is COCO[C@H](/C=C/C[C@@H]1OC(C)(C)O[C@H]1/C=C/[C@@H]1CC(C)=CCO1)CCO[Si](c1ccccc1)(c1ccccc1)C(C)(C)C. The van der Waals surface area contributed by atoms with E-state index in [1.165, 1.54) is 15.9 Å². The van der Waals surface area contributed by atoms with Crippen molar-refractivity contribution in [3.63, 3.8) is 0 Å². The summed E-state index contributed by atoms with van der Waals surface area (Å²) in [4.78, 5) is 0. The second kappa shape index (κ2) is 15.8. The Bertz CT molecular complexity index is 1190. The van der Waals surface area contributed by atoms with Crippen molar-refractivity contribution in [3.05, 3.63) is 96.6 Å². The van der Waals surface area contributed by atoms with Gasteiger partial charge in [-0.3, -0.25) is 0 Å². The summed E-state index contributed by atoms with van der Waals surface area (Å²) in [5, 5.41) is 2.46. The molecule has 0 radical (unpaired) electrons. The summed E-state index contributed by atoms with van der Waals surface area (Å²) in [5.41, 5.74) is 1.36. The summed E-state index contributed by atoms with van der Waals surface area (Å²) in [6, 6.07) is 21.5. The minimum atomic E-state index is -2.62. The van der Waals surface area contributed by atoms with E-state index in [0.717, 1.165) is 6.42 Å². The Balaban J connectivity index is 1.45. The van der Waals surface area contributed by atoms with Gasteiger partial charge in [0.05, 0.1) is 24.9 Å². The number of hydrogen-bond donors (Lipinski definition) is 0. The molecule has 0 amide bonds. The summed E-state index contributed by atoms with van der Waals surface area (Å²) in [6.45, 7) is 14.4. The Morgan fingerprint density at radius 2 is 1.64 bits per heavy atom. The molecule has 2 heterocycles. The maximum atomic E-state index is 7.11. The molecule has 0 aromatic heterocycles. The maximum absolute atomic E-state index is 7.11. The zero-order chi connectivity index (χ0) is 31.6. The smallest absolute Gasteiger partial charge is 0.261 e. The van der Waals surface area contributed by atoms with Crippen LogP contribution in [0.25, 0.3) is 0 Å². The van der Waals surface area contributed by atoms with Crippen LogP contribution in [0.4, 0.5) is 0 Å².